The van der Waals surface area contributed by atoms with Gasteiger partial charge < -0.3 is 30.3 Å². The van der Waals surface area contributed by atoms with Gasteiger partial charge in [-0.3, -0.25) is 4.79 Å². The molecule has 0 saturated heterocycles. The number of ether oxygens (including phenoxy) is 2. The number of benzene rings is 2. The Morgan fingerprint density at radius 2 is 1.20 bits per heavy atom. The molecule has 12 heteroatoms. The number of anilines is 1. The van der Waals surface area contributed by atoms with Crippen LogP contribution in [0.4, 0.5) is 5.69 Å². The van der Waals surface area contributed by atoms with Gasteiger partial charge in [-0.05, 0) is 54.1 Å². The van der Waals surface area contributed by atoms with Crippen LogP contribution < -0.4 is 5.73 Å². The maximum atomic E-state index is 11.9. The third-order valence-electron chi connectivity index (χ3n) is 4.90. The summed E-state index contributed by atoms with van der Waals surface area (Å²) in [6, 6.07) is 16.2. The first-order valence-electron chi connectivity index (χ1n) is 11.1. The third-order valence-corrected chi connectivity index (χ3v) is 5.33. The second-order valence-electron chi connectivity index (χ2n) is 7.67. The molecule has 0 saturated carbocycles. The molecule has 2 aromatic heterocycles. The van der Waals surface area contributed by atoms with Crippen LogP contribution in [-0.2, 0) is 15.9 Å². The molecule has 2 aromatic carbocycles. The second-order valence-corrected chi connectivity index (χ2v) is 8.54. The number of esters is 2. The number of carbonyl (C=O) groups excluding carboxylic acids is 3. The molecule has 4 aromatic rings. The van der Waals surface area contributed by atoms with Crippen molar-refractivity contribution in [3.63, 3.8) is 0 Å². The molecule has 0 fully saturated rings. The summed E-state index contributed by atoms with van der Waals surface area (Å²) < 4.78 is 9.10. The van der Waals surface area contributed by atoms with Crippen molar-refractivity contribution in [2.75, 3.05) is 20.0 Å². The molecule has 0 aliphatic carbocycles. The minimum atomic E-state index is -0.998. The summed E-state index contributed by atoms with van der Waals surface area (Å²) in [6.45, 7) is 0. The lowest BCUT2D eigenvalue weighted by Crippen LogP contribution is -2.05. The molecule has 4 rings (SSSR count). The molecule has 0 unspecified atom stereocenters. The zero-order valence-corrected chi connectivity index (χ0v) is 22.4. The molecule has 0 amide bonds. The van der Waals surface area contributed by atoms with Crippen LogP contribution in [0.15, 0.2) is 73.1 Å². The number of carbonyl (C=O) groups is 4. The molecule has 5 N–H and O–H groups in total. The van der Waals surface area contributed by atoms with Crippen molar-refractivity contribution in [2.45, 2.75) is 13.8 Å². The highest BCUT2D eigenvalue weighted by Crippen LogP contribution is 2.13. The number of nitrogens with two attached hydrogens (primary N) is 1. The first-order valence-corrected chi connectivity index (χ1v) is 11.8. The second kappa shape index (κ2) is 16.4. The number of hydrogen-bond donors (Lipinski definition) is 4. The number of rotatable bonds is 6. The van der Waals surface area contributed by atoms with E-state index in [1.54, 1.807) is 60.8 Å². The zero-order chi connectivity index (χ0) is 28.9. The molecule has 0 radical (unpaired) electrons. The van der Waals surface area contributed by atoms with E-state index in [0.717, 1.165) is 5.56 Å². The number of methoxy groups -OCH3 is 2. The van der Waals surface area contributed by atoms with Crippen molar-refractivity contribution in [2.24, 2.45) is 0 Å². The van der Waals surface area contributed by atoms with Crippen molar-refractivity contribution in [3.05, 3.63) is 111 Å². The number of aromatic carboxylic acids is 1. The normalized spacial score (nSPS) is 9.50. The van der Waals surface area contributed by atoms with E-state index in [1.165, 1.54) is 26.5 Å². The maximum Gasteiger partial charge on any atom is 0.352 e. The average Bonchev–Trinajstić information content (AvgIpc) is 3.58. The van der Waals surface area contributed by atoms with Crippen molar-refractivity contribution in [1.82, 2.24) is 9.97 Å². The quantitative estimate of drug-likeness (QED) is 0.122. The molecule has 0 bridgehead atoms. The number of ketones is 1. The molecule has 40 heavy (non-hydrogen) atoms. The first-order chi connectivity index (χ1) is 18.5. The maximum absolute atomic E-state index is 11.9. The Balaban J connectivity index is 0.000000324. The fraction of sp³-hybridized carbons (Fsp3) is 0.143. The summed E-state index contributed by atoms with van der Waals surface area (Å²) in [7, 11) is 2.67. The number of aromatic nitrogens is 2. The predicted molar refractivity (Wildman–Crippen MR) is 153 cm³/mol. The number of carboxylic acid groups (broad SMARTS) is 1. The first kappa shape index (κ1) is 33.5. The Labute approximate surface area is 241 Å². The lowest BCUT2D eigenvalue weighted by molar-refractivity contribution is 0.0592. The van der Waals surface area contributed by atoms with Crippen LogP contribution in [0.3, 0.4) is 0 Å². The number of carboxylic acids is 1. The molecule has 2 heterocycles. The van der Waals surface area contributed by atoms with Gasteiger partial charge in [0.15, 0.2) is 5.78 Å². The fourth-order valence-corrected chi connectivity index (χ4v) is 3.24. The molecular formula is C28H29Cl2N3O7. The Bertz CT molecular complexity index is 1410. The van der Waals surface area contributed by atoms with E-state index in [-0.39, 0.29) is 31.3 Å². The number of Topliss-reactive ketones (excluding diaryl/α,β-unsaturated/α-hetero) is 1. The minimum Gasteiger partial charge on any atom is -0.477 e. The molecular weight excluding hydrogens is 561 g/mol. The van der Waals surface area contributed by atoms with E-state index in [2.05, 4.69) is 19.4 Å². The van der Waals surface area contributed by atoms with Gasteiger partial charge in [0, 0.05) is 24.5 Å². The van der Waals surface area contributed by atoms with Gasteiger partial charge >= 0.3 is 17.9 Å². The van der Waals surface area contributed by atoms with Gasteiger partial charge in [-0.15, -0.1) is 0 Å². The van der Waals surface area contributed by atoms with Crippen LogP contribution in [0.25, 0.3) is 0 Å². The van der Waals surface area contributed by atoms with Crippen LogP contribution in [0.1, 0.15) is 54.7 Å². The highest BCUT2D eigenvalue weighted by molar-refractivity contribution is 6.31. The van der Waals surface area contributed by atoms with Gasteiger partial charge in [-0.2, -0.15) is 0 Å². The summed E-state index contributed by atoms with van der Waals surface area (Å²) in [5, 5.41) is 9.22. The number of hydrogen-bond acceptors (Lipinski definition) is 7. The Hall–Kier alpha value is -4.54. The van der Waals surface area contributed by atoms with Crippen molar-refractivity contribution >= 4 is 52.6 Å². The molecule has 0 aliphatic heterocycles. The summed E-state index contributed by atoms with van der Waals surface area (Å²) in [4.78, 5) is 49.5. The van der Waals surface area contributed by atoms with Crippen LogP contribution in [-0.4, -0.2) is 53.0 Å². The zero-order valence-electron chi connectivity index (χ0n) is 20.9. The van der Waals surface area contributed by atoms with E-state index < -0.39 is 11.9 Å². The Morgan fingerprint density at radius 3 is 1.55 bits per heavy atom. The number of halogens is 2. The standard InChI is InChI=1S/C14H12ClNO3.C8H9NO2.C5H4ClNO2.CH4/c1-19-14(18)10-4-2-9(3-5-10)6-13(17)12-7-11(15)8-16-12;1-11-8(10)6-2-4-7(9)5-3-6;6-3-1-4(5(8)9)7-2-3;/h2-5,7-8,16H,6H2,1H3;2-5H,9H2,1H3;1-2,7H,(H,8,9);1H4. The number of nitrogen functional groups attached to an aromatic ring is 1. The lowest BCUT2D eigenvalue weighted by atomic mass is 10.1. The molecule has 10 nitrogen and oxygen atoms in total. The fourth-order valence-electron chi connectivity index (χ4n) is 2.91. The van der Waals surface area contributed by atoms with Crippen molar-refractivity contribution < 1.29 is 33.8 Å². The summed E-state index contributed by atoms with van der Waals surface area (Å²) in [6.07, 6.45) is 3.23. The van der Waals surface area contributed by atoms with Gasteiger partial charge in [0.25, 0.3) is 0 Å². The molecule has 0 aliphatic rings. The van der Waals surface area contributed by atoms with E-state index in [1.807, 2.05) is 0 Å². The topological polar surface area (TPSA) is 165 Å². The van der Waals surface area contributed by atoms with Gasteiger partial charge in [-0.1, -0.05) is 42.8 Å². The van der Waals surface area contributed by atoms with Gasteiger partial charge in [0.2, 0.25) is 0 Å². The summed E-state index contributed by atoms with van der Waals surface area (Å²) in [5.41, 5.74) is 8.44. The van der Waals surface area contributed by atoms with Gasteiger partial charge in [0.1, 0.15) is 5.69 Å². The molecule has 0 atom stereocenters. The summed E-state index contributed by atoms with van der Waals surface area (Å²) >= 11 is 11.2. The van der Waals surface area contributed by atoms with Crippen LogP contribution in [0.5, 0.6) is 0 Å². The average molecular weight is 590 g/mol. The van der Waals surface area contributed by atoms with E-state index in [4.69, 9.17) is 34.0 Å². The van der Waals surface area contributed by atoms with Crippen LogP contribution in [0.2, 0.25) is 10.0 Å². The highest BCUT2D eigenvalue weighted by atomic mass is 35.5. The van der Waals surface area contributed by atoms with Crippen LogP contribution >= 0.6 is 23.2 Å². The molecule has 0 spiro atoms. The predicted octanol–water partition coefficient (Wildman–Crippen LogP) is 5.94. The Morgan fingerprint density at radius 1 is 0.775 bits per heavy atom. The van der Waals surface area contributed by atoms with E-state index >= 15 is 0 Å². The Kier molecular flexibility index (Phi) is 13.8. The van der Waals surface area contributed by atoms with Crippen molar-refractivity contribution in [1.29, 1.82) is 0 Å². The molecule has 212 valence electrons. The van der Waals surface area contributed by atoms with Crippen molar-refractivity contribution in [3.8, 4) is 0 Å². The number of H-pyrrole nitrogens is 2. The minimum absolute atomic E-state index is 0. The SMILES string of the molecule is C.COC(=O)c1ccc(CC(=O)c2cc(Cl)c[nH]2)cc1.COC(=O)c1ccc(N)cc1.O=C(O)c1cc(Cl)c[nH]1. The highest BCUT2D eigenvalue weighted by Gasteiger charge is 2.10. The lowest BCUT2D eigenvalue weighted by Gasteiger charge is -2.02. The monoisotopic (exact) mass is 589 g/mol. The van der Waals surface area contributed by atoms with Gasteiger partial charge in [-0.25, -0.2) is 14.4 Å². The largest absolute Gasteiger partial charge is 0.477 e. The number of nitrogens with one attached hydrogen (secondary N) is 2. The smallest absolute Gasteiger partial charge is 0.352 e. The van der Waals surface area contributed by atoms with Crippen LogP contribution in [0, 0.1) is 0 Å². The van der Waals surface area contributed by atoms with Gasteiger partial charge in [0.05, 0.1) is 41.1 Å². The third kappa shape index (κ3) is 10.7. The summed E-state index contributed by atoms with van der Waals surface area (Å²) in [5.74, 6) is -1.79. The number of aromatic amines is 2. The van der Waals surface area contributed by atoms with E-state index in [0.29, 0.717) is 32.6 Å². The van der Waals surface area contributed by atoms with E-state index in [9.17, 15) is 19.2 Å².